The van der Waals surface area contributed by atoms with Crippen molar-refractivity contribution in [1.29, 1.82) is 0 Å². The van der Waals surface area contributed by atoms with Gasteiger partial charge in [-0.25, -0.2) is 0 Å². The second-order valence-corrected chi connectivity index (χ2v) is 28.4. The van der Waals surface area contributed by atoms with Gasteiger partial charge < -0.3 is 33.3 Å². The third-order valence-corrected chi connectivity index (χ3v) is 18.1. The molecule has 0 spiro atoms. The van der Waals surface area contributed by atoms with Gasteiger partial charge in [0.1, 0.15) is 13.2 Å². The molecule has 0 aromatic carbocycles. The van der Waals surface area contributed by atoms with E-state index < -0.39 is 24.3 Å². The molecular weight excluding hydrogens is 1110 g/mol. The molecule has 2 atom stereocenters. The van der Waals surface area contributed by atoms with Gasteiger partial charge in [-0.05, 0) is 51.4 Å². The van der Waals surface area contributed by atoms with Crippen molar-refractivity contribution in [2.24, 2.45) is 0 Å². The quantitative estimate of drug-likeness (QED) is 0.0195. The van der Waals surface area contributed by atoms with E-state index in [0.29, 0.717) is 23.9 Å². The molecule has 0 heterocycles. The van der Waals surface area contributed by atoms with Gasteiger partial charge in [0.05, 0.1) is 40.3 Å². The molecule has 0 bridgehead atoms. The van der Waals surface area contributed by atoms with Gasteiger partial charge in [0.25, 0.3) is 0 Å². The molecule has 0 aliphatic heterocycles. The average molecular weight is 1270 g/mol. The molecule has 9 nitrogen and oxygen atoms in total. The van der Waals surface area contributed by atoms with Gasteiger partial charge in [-0.2, -0.15) is 0 Å². The fourth-order valence-corrected chi connectivity index (χ4v) is 12.1. The summed E-state index contributed by atoms with van der Waals surface area (Å²) in [4.78, 5) is 37.6. The molecule has 9 heteroatoms. The summed E-state index contributed by atoms with van der Waals surface area (Å²) in [6, 6.07) is 0. The van der Waals surface area contributed by atoms with Gasteiger partial charge in [0.15, 0.2) is 12.4 Å². The first kappa shape index (κ1) is 87.5. The summed E-state index contributed by atoms with van der Waals surface area (Å²) in [5.74, 6) is -2.26. The molecule has 0 N–H and O–H groups in total. The number of carbonyl (C=O) groups is 3. The zero-order valence-corrected chi connectivity index (χ0v) is 60.8. The van der Waals surface area contributed by atoms with Crippen LogP contribution in [0.25, 0.3) is 0 Å². The Hall–Kier alpha value is -2.49. The lowest BCUT2D eigenvalue weighted by Gasteiger charge is -2.26. The third-order valence-electron chi connectivity index (χ3n) is 18.1. The molecule has 0 aromatic heterocycles. The van der Waals surface area contributed by atoms with Crippen molar-refractivity contribution in [1.82, 2.24) is 0 Å². The minimum absolute atomic E-state index is 0.149. The Labute approximate surface area is 560 Å². The van der Waals surface area contributed by atoms with E-state index in [2.05, 4.69) is 50.3 Å². The number of hydrogen-bond acceptors (Lipinski definition) is 8. The maximum Gasteiger partial charge on any atom is 0.306 e. The number of nitrogens with zero attached hydrogens (tertiary/aromatic N) is 1. The van der Waals surface area contributed by atoms with Crippen LogP contribution in [0.3, 0.4) is 0 Å². The van der Waals surface area contributed by atoms with Crippen molar-refractivity contribution in [2.75, 3.05) is 47.5 Å². The fourth-order valence-electron chi connectivity index (χ4n) is 12.1. The molecule has 0 saturated heterocycles. The second kappa shape index (κ2) is 72.3. The number of carboxylic acid groups (broad SMARTS) is 1. The van der Waals surface area contributed by atoms with E-state index in [0.717, 1.165) is 51.4 Å². The first-order chi connectivity index (χ1) is 44.1. The number of esters is 2. The van der Waals surface area contributed by atoms with Gasteiger partial charge >= 0.3 is 11.9 Å². The highest BCUT2D eigenvalue weighted by Gasteiger charge is 2.22. The minimum atomic E-state index is -1.62. The fraction of sp³-hybridized carbons (Fsp3) is 0.889. The number of carbonyl (C=O) groups excluding carboxylic acids is 3. The molecule has 0 amide bonds. The van der Waals surface area contributed by atoms with Crippen molar-refractivity contribution in [2.45, 2.75) is 418 Å². The Balaban J connectivity index is 3.96. The molecule has 0 aromatic rings. The highest BCUT2D eigenvalue weighted by atomic mass is 16.7. The van der Waals surface area contributed by atoms with E-state index in [1.165, 1.54) is 321 Å². The van der Waals surface area contributed by atoms with Crippen LogP contribution in [0.5, 0.6) is 0 Å². The topological polar surface area (TPSA) is 111 Å². The SMILES string of the molecule is CCCCCCC/C=C\C/C=C\C/C=C\CCCCCCCCCCCCCCC(=O)OC(COC(=O)CCCCCCCCCCCCCCCCCCCCCCCCCCCCCCCCCCCCCCCC)COC(OCC[N+](C)(C)C)C(=O)[O-]. The molecule has 0 aliphatic rings. The number of rotatable bonds is 75. The molecule has 0 aliphatic carbocycles. The van der Waals surface area contributed by atoms with E-state index >= 15 is 0 Å². The number of hydrogen-bond donors (Lipinski definition) is 0. The zero-order valence-electron chi connectivity index (χ0n) is 60.8. The van der Waals surface area contributed by atoms with Gasteiger partial charge in [-0.3, -0.25) is 9.59 Å². The maximum absolute atomic E-state index is 13.0. The Morgan fingerprint density at radius 1 is 0.333 bits per heavy atom. The number of ether oxygens (including phenoxy) is 4. The predicted molar refractivity (Wildman–Crippen MR) is 385 cm³/mol. The summed E-state index contributed by atoms with van der Waals surface area (Å²) < 4.78 is 22.9. The van der Waals surface area contributed by atoms with Gasteiger partial charge in [0, 0.05) is 12.8 Å². The summed E-state index contributed by atoms with van der Waals surface area (Å²) in [5, 5.41) is 11.8. The van der Waals surface area contributed by atoms with Crippen LogP contribution in [0.2, 0.25) is 0 Å². The number of carboxylic acids is 1. The Kier molecular flexibility index (Phi) is 70.3. The summed E-state index contributed by atoms with van der Waals surface area (Å²) in [5.41, 5.74) is 0. The van der Waals surface area contributed by atoms with Crippen molar-refractivity contribution < 1.29 is 42.9 Å². The normalized spacial score (nSPS) is 12.8. The number of unbranched alkanes of at least 4 members (excludes halogenated alkanes) is 54. The summed E-state index contributed by atoms with van der Waals surface area (Å²) in [6.45, 7) is 4.81. The lowest BCUT2D eigenvalue weighted by molar-refractivity contribution is -0.870. The van der Waals surface area contributed by atoms with Crippen LogP contribution in [0, 0.1) is 0 Å². The lowest BCUT2D eigenvalue weighted by atomic mass is 10.0. The summed E-state index contributed by atoms with van der Waals surface area (Å²) in [7, 11) is 5.95. The van der Waals surface area contributed by atoms with Crippen molar-refractivity contribution in [3.8, 4) is 0 Å². The number of allylic oxidation sites excluding steroid dienone is 6. The maximum atomic E-state index is 13.0. The predicted octanol–water partition coefficient (Wildman–Crippen LogP) is 23.8. The molecule has 0 rings (SSSR count). The van der Waals surface area contributed by atoms with Crippen LogP contribution in [0.15, 0.2) is 36.5 Å². The van der Waals surface area contributed by atoms with Gasteiger partial charge in [0.2, 0.25) is 0 Å². The molecule has 2 unspecified atom stereocenters. The van der Waals surface area contributed by atoms with Crippen LogP contribution in [-0.2, 0) is 33.3 Å². The first-order valence-electron chi connectivity index (χ1n) is 39.6. The largest absolute Gasteiger partial charge is 0.545 e. The molecule has 90 heavy (non-hydrogen) atoms. The minimum Gasteiger partial charge on any atom is -0.545 e. The monoisotopic (exact) mass is 1270 g/mol. The molecular formula is C81H153NO8. The van der Waals surface area contributed by atoms with Crippen LogP contribution >= 0.6 is 0 Å². The van der Waals surface area contributed by atoms with Crippen LogP contribution in [0.1, 0.15) is 406 Å². The van der Waals surface area contributed by atoms with Gasteiger partial charge in [-0.1, -0.05) is 378 Å². The van der Waals surface area contributed by atoms with Crippen LogP contribution in [0.4, 0.5) is 0 Å². The van der Waals surface area contributed by atoms with E-state index in [1.54, 1.807) is 0 Å². The highest BCUT2D eigenvalue weighted by molar-refractivity contribution is 5.70. The first-order valence-corrected chi connectivity index (χ1v) is 39.6. The number of likely N-dealkylation sites (N-methyl/N-ethyl adjacent to an activating group) is 1. The van der Waals surface area contributed by atoms with Crippen LogP contribution in [-0.4, -0.2) is 82.3 Å². The summed E-state index contributed by atoms with van der Waals surface area (Å²) in [6.07, 6.45) is 89.9. The van der Waals surface area contributed by atoms with Crippen molar-refractivity contribution >= 4 is 17.9 Å². The standard InChI is InChI=1S/C81H153NO8/c1-6-8-10-12-14-16-18-20-22-24-26-28-30-32-34-35-36-37-38-39-40-41-42-43-44-46-47-49-51-53-55-57-59-61-63-65-67-69-71-78(83)88-75-77(76-89-81(80(85)86)87-74-73-82(3,4)5)90-79(84)72-70-68-66-64-62-60-58-56-54-52-50-48-45-33-31-29-27-25-23-21-19-17-15-13-11-9-7-2/h19,21,25,27,31,33,77,81H,6-18,20,22-24,26,28-30,32,34-76H2,1-5H3/b21-19-,27-25-,33-31-. The number of quaternary nitrogens is 1. The molecule has 0 radical (unpaired) electrons. The Morgan fingerprint density at radius 2 is 0.600 bits per heavy atom. The third kappa shape index (κ3) is 72.9. The molecule has 0 saturated carbocycles. The second-order valence-electron chi connectivity index (χ2n) is 28.4. The van der Waals surface area contributed by atoms with E-state index in [4.69, 9.17) is 18.9 Å². The van der Waals surface area contributed by atoms with Crippen LogP contribution < -0.4 is 5.11 Å². The molecule has 530 valence electrons. The van der Waals surface area contributed by atoms with E-state index in [1.807, 2.05) is 21.1 Å². The zero-order chi connectivity index (χ0) is 65.4. The Bertz CT molecular complexity index is 1570. The smallest absolute Gasteiger partial charge is 0.306 e. The lowest BCUT2D eigenvalue weighted by Crippen LogP contribution is -2.44. The van der Waals surface area contributed by atoms with E-state index in [-0.39, 0.29) is 32.2 Å². The Morgan fingerprint density at radius 3 is 0.889 bits per heavy atom. The number of aliphatic carboxylic acids is 1. The van der Waals surface area contributed by atoms with Crippen molar-refractivity contribution in [3.05, 3.63) is 36.5 Å². The average Bonchev–Trinajstić information content (AvgIpc) is 3.74. The highest BCUT2D eigenvalue weighted by Crippen LogP contribution is 2.20. The van der Waals surface area contributed by atoms with Gasteiger partial charge in [-0.15, -0.1) is 0 Å². The van der Waals surface area contributed by atoms with Crippen molar-refractivity contribution in [3.63, 3.8) is 0 Å². The molecule has 0 fully saturated rings. The van der Waals surface area contributed by atoms with E-state index in [9.17, 15) is 19.5 Å². The summed E-state index contributed by atoms with van der Waals surface area (Å²) >= 11 is 0.